The van der Waals surface area contributed by atoms with E-state index in [1.54, 1.807) is 0 Å². The minimum Gasteiger partial charge on any atom is -0.462 e. The van der Waals surface area contributed by atoms with Gasteiger partial charge in [-0.3, -0.25) is 4.79 Å². The van der Waals surface area contributed by atoms with Crippen molar-refractivity contribution in [3.63, 3.8) is 0 Å². The Labute approximate surface area is 141 Å². The molecule has 2 saturated carbocycles. The molecule has 6 nitrogen and oxygen atoms in total. The van der Waals surface area contributed by atoms with Crippen molar-refractivity contribution in [2.75, 3.05) is 6.61 Å². The van der Waals surface area contributed by atoms with Crippen molar-refractivity contribution in [3.05, 3.63) is 12.2 Å². The maximum Gasteiger partial charge on any atom is 0.422 e. The fourth-order valence-electron chi connectivity index (χ4n) is 4.10. The molecule has 0 aromatic carbocycles. The van der Waals surface area contributed by atoms with E-state index in [4.69, 9.17) is 9.47 Å². The van der Waals surface area contributed by atoms with Crippen LogP contribution in [0.1, 0.15) is 32.1 Å². The molecule has 0 amide bonds. The van der Waals surface area contributed by atoms with Gasteiger partial charge in [-0.15, -0.1) is 0 Å². The van der Waals surface area contributed by atoms with Gasteiger partial charge in [0.25, 0.3) is 0 Å². The Hall–Kier alpha value is -2.06. The quantitative estimate of drug-likeness (QED) is 0.433. The van der Waals surface area contributed by atoms with E-state index in [2.05, 4.69) is 11.3 Å². The molecular formula is C16H17F3O6. The molecule has 0 N–H and O–H groups in total. The molecule has 4 fully saturated rings. The van der Waals surface area contributed by atoms with Crippen molar-refractivity contribution >= 4 is 17.9 Å². The summed E-state index contributed by atoms with van der Waals surface area (Å²) in [5, 5.41) is 0. The zero-order valence-corrected chi connectivity index (χ0v) is 13.3. The Kier molecular flexibility index (Phi) is 4.28. The van der Waals surface area contributed by atoms with Gasteiger partial charge in [-0.05, 0) is 25.2 Å². The lowest BCUT2D eigenvalue weighted by Crippen LogP contribution is -2.48. The van der Waals surface area contributed by atoms with Gasteiger partial charge in [0.15, 0.2) is 6.61 Å². The van der Waals surface area contributed by atoms with Crippen LogP contribution >= 0.6 is 0 Å². The van der Waals surface area contributed by atoms with Crippen LogP contribution in [-0.4, -0.2) is 42.4 Å². The zero-order valence-electron chi connectivity index (χ0n) is 13.3. The number of esters is 3. The van der Waals surface area contributed by atoms with E-state index < -0.39 is 35.9 Å². The number of ether oxygens (including phenoxy) is 3. The van der Waals surface area contributed by atoms with Crippen molar-refractivity contribution in [1.29, 1.82) is 0 Å². The fraction of sp³-hybridized carbons (Fsp3) is 0.688. The van der Waals surface area contributed by atoms with E-state index in [0.717, 1.165) is 6.42 Å². The summed E-state index contributed by atoms with van der Waals surface area (Å²) in [6.07, 6.45) is -2.56. The molecule has 2 saturated heterocycles. The first kappa shape index (κ1) is 17.8. The van der Waals surface area contributed by atoms with E-state index in [1.165, 1.54) is 0 Å². The van der Waals surface area contributed by atoms with E-state index in [0.29, 0.717) is 25.7 Å². The van der Waals surface area contributed by atoms with Gasteiger partial charge >= 0.3 is 24.1 Å². The van der Waals surface area contributed by atoms with Crippen LogP contribution in [0.3, 0.4) is 0 Å². The van der Waals surface area contributed by atoms with Crippen LogP contribution in [0.4, 0.5) is 13.2 Å². The van der Waals surface area contributed by atoms with Crippen LogP contribution < -0.4 is 0 Å². The van der Waals surface area contributed by atoms with E-state index in [-0.39, 0.29) is 23.9 Å². The van der Waals surface area contributed by atoms with Gasteiger partial charge in [-0.1, -0.05) is 6.58 Å². The third-order valence-corrected chi connectivity index (χ3v) is 4.95. The van der Waals surface area contributed by atoms with Crippen molar-refractivity contribution in [3.8, 4) is 0 Å². The number of hydrogen-bond acceptors (Lipinski definition) is 6. The normalized spacial score (nSPS) is 33.4. The van der Waals surface area contributed by atoms with Gasteiger partial charge in [0.05, 0.1) is 5.92 Å². The van der Waals surface area contributed by atoms with E-state index in [9.17, 15) is 27.6 Å². The van der Waals surface area contributed by atoms with Crippen molar-refractivity contribution in [2.45, 2.75) is 50.0 Å². The number of fused-ring (bicyclic) bond motifs is 1. The summed E-state index contributed by atoms with van der Waals surface area (Å²) in [5.41, 5.74) is -2.57. The number of hydrogen-bond donors (Lipinski definition) is 0. The highest BCUT2D eigenvalue weighted by Gasteiger charge is 2.54. The van der Waals surface area contributed by atoms with Crippen molar-refractivity contribution in [2.24, 2.45) is 11.8 Å². The molecule has 2 heterocycles. The van der Waals surface area contributed by atoms with Gasteiger partial charge in [0, 0.05) is 12.8 Å². The Bertz CT molecular complexity index is 628. The molecule has 0 spiro atoms. The van der Waals surface area contributed by atoms with Crippen LogP contribution in [0.2, 0.25) is 0 Å². The Balaban J connectivity index is 1.59. The minimum absolute atomic E-state index is 0.198. The van der Waals surface area contributed by atoms with Crippen molar-refractivity contribution in [1.82, 2.24) is 0 Å². The second-order valence-electron chi connectivity index (χ2n) is 6.92. The van der Waals surface area contributed by atoms with Crippen LogP contribution in [0.15, 0.2) is 12.2 Å². The highest BCUT2D eigenvalue weighted by atomic mass is 19.4. The lowest BCUT2D eigenvalue weighted by Gasteiger charge is -2.45. The van der Waals surface area contributed by atoms with E-state index >= 15 is 0 Å². The maximum atomic E-state index is 12.3. The molecule has 9 heteroatoms. The SMILES string of the molecule is C=C(C(=O)OCC(=O)OC12CC3CC(C1)OC(=O)C(C3)C2)C(F)(F)F. The fourth-order valence-corrected chi connectivity index (χ4v) is 4.10. The standard InChI is InChI=1S/C16H17F3O6/c1-8(16(17,18)19)13(21)23-7-12(20)25-15-4-9-2-10(5-15)14(22)24-11(3-9)6-15/h9-11H,1-7H2. The first-order valence-electron chi connectivity index (χ1n) is 7.93. The largest absolute Gasteiger partial charge is 0.462 e. The number of rotatable bonds is 4. The van der Waals surface area contributed by atoms with Gasteiger partial charge < -0.3 is 14.2 Å². The van der Waals surface area contributed by atoms with Crippen LogP contribution in [0.5, 0.6) is 0 Å². The topological polar surface area (TPSA) is 78.9 Å². The van der Waals surface area contributed by atoms with Gasteiger partial charge in [0.2, 0.25) is 0 Å². The third-order valence-electron chi connectivity index (χ3n) is 4.95. The Morgan fingerprint density at radius 1 is 1.24 bits per heavy atom. The van der Waals surface area contributed by atoms with Crippen molar-refractivity contribution < 1.29 is 41.8 Å². The summed E-state index contributed by atoms with van der Waals surface area (Å²) in [7, 11) is 0. The smallest absolute Gasteiger partial charge is 0.422 e. The second-order valence-corrected chi connectivity index (χ2v) is 6.92. The van der Waals surface area contributed by atoms with Gasteiger partial charge in [-0.25, -0.2) is 9.59 Å². The predicted octanol–water partition coefficient (Wildman–Crippen LogP) is 2.07. The summed E-state index contributed by atoms with van der Waals surface area (Å²) >= 11 is 0. The number of alkyl halides is 3. The molecular weight excluding hydrogens is 345 g/mol. The Morgan fingerprint density at radius 3 is 2.64 bits per heavy atom. The summed E-state index contributed by atoms with van der Waals surface area (Å²) in [6.45, 7) is 1.66. The lowest BCUT2D eigenvalue weighted by atomic mass is 9.65. The molecule has 4 atom stereocenters. The number of carbonyl (C=O) groups excluding carboxylic acids is 3. The summed E-state index contributed by atoms with van der Waals surface area (Å²) in [4.78, 5) is 35.1. The highest BCUT2D eigenvalue weighted by molar-refractivity contribution is 5.90. The average Bonchev–Trinajstić information content (AvgIpc) is 2.64. The molecule has 138 valence electrons. The minimum atomic E-state index is -4.92. The molecule has 4 aliphatic rings. The van der Waals surface area contributed by atoms with Crippen LogP contribution in [-0.2, 0) is 28.6 Å². The lowest BCUT2D eigenvalue weighted by molar-refractivity contribution is -0.182. The first-order valence-corrected chi connectivity index (χ1v) is 7.93. The average molecular weight is 362 g/mol. The molecule has 4 rings (SSSR count). The zero-order chi connectivity index (χ0) is 18.4. The molecule has 4 bridgehead atoms. The third kappa shape index (κ3) is 3.64. The highest BCUT2D eigenvalue weighted by Crippen LogP contribution is 2.51. The molecule has 4 unspecified atom stereocenters. The van der Waals surface area contributed by atoms with Gasteiger partial charge in [-0.2, -0.15) is 13.2 Å². The number of halogens is 3. The Morgan fingerprint density at radius 2 is 1.96 bits per heavy atom. The monoisotopic (exact) mass is 362 g/mol. The second kappa shape index (κ2) is 6.03. The first-order chi connectivity index (χ1) is 11.6. The summed E-state index contributed by atoms with van der Waals surface area (Å²) in [5.74, 6) is -3.10. The van der Waals surface area contributed by atoms with Crippen LogP contribution in [0, 0.1) is 11.8 Å². The summed E-state index contributed by atoms with van der Waals surface area (Å²) in [6, 6.07) is 0. The summed E-state index contributed by atoms with van der Waals surface area (Å²) < 4.78 is 52.1. The molecule has 2 aliphatic heterocycles. The van der Waals surface area contributed by atoms with Gasteiger partial charge in [0.1, 0.15) is 17.3 Å². The maximum absolute atomic E-state index is 12.3. The van der Waals surface area contributed by atoms with E-state index in [1.807, 2.05) is 0 Å². The molecule has 0 aromatic heterocycles. The molecule has 2 aliphatic carbocycles. The predicted molar refractivity (Wildman–Crippen MR) is 74.9 cm³/mol. The number of carbonyl (C=O) groups is 3. The van der Waals surface area contributed by atoms with Crippen LogP contribution in [0.25, 0.3) is 0 Å². The molecule has 0 aromatic rings. The molecule has 0 radical (unpaired) electrons. The molecule has 25 heavy (non-hydrogen) atoms.